The van der Waals surface area contributed by atoms with Crippen LogP contribution in [-0.2, 0) is 37.2 Å². The number of benzene rings is 3. The minimum Gasteiger partial charge on any atom is -0.477 e. The van der Waals surface area contributed by atoms with Crippen LogP contribution in [0.2, 0.25) is 0 Å². The van der Waals surface area contributed by atoms with Crippen LogP contribution in [0.1, 0.15) is 229 Å². The van der Waals surface area contributed by atoms with E-state index in [4.69, 9.17) is 35.0 Å². The molecule has 3 aromatic heterocycles. The van der Waals surface area contributed by atoms with Gasteiger partial charge in [0.25, 0.3) is 5.91 Å². The molecular formula is C82H120N10O8S3. The van der Waals surface area contributed by atoms with Crippen molar-refractivity contribution in [3.8, 4) is 33.8 Å². The zero-order valence-electron chi connectivity index (χ0n) is 64.7. The monoisotopic (exact) mass is 1470 g/mol. The molecule has 3 aromatic carbocycles. The smallest absolute Gasteiger partial charge is 0.350 e. The molecule has 4 N–H and O–H groups in total. The lowest BCUT2D eigenvalue weighted by atomic mass is 9.63. The quantitative estimate of drug-likeness (QED) is 0.0369. The average Bonchev–Trinajstić information content (AvgIpc) is 1.61. The minimum absolute atomic E-state index is 0.0173. The van der Waals surface area contributed by atoms with E-state index in [0.717, 1.165) is 211 Å². The summed E-state index contributed by atoms with van der Waals surface area (Å²) in [5, 5.41) is 39.7. The third-order valence-electron chi connectivity index (χ3n) is 23.1. The van der Waals surface area contributed by atoms with Gasteiger partial charge in [0.15, 0.2) is 15.4 Å². The molecule has 1 amide bonds. The van der Waals surface area contributed by atoms with E-state index < -0.39 is 5.97 Å². The molecule has 564 valence electrons. The lowest BCUT2D eigenvalue weighted by Gasteiger charge is -2.42. The number of piperazine rings is 3. The first-order chi connectivity index (χ1) is 48.8. The third-order valence-corrected chi connectivity index (χ3v) is 26.4. The van der Waals surface area contributed by atoms with Crippen LogP contribution in [0.4, 0.5) is 15.4 Å². The van der Waals surface area contributed by atoms with Crippen molar-refractivity contribution in [3.05, 3.63) is 103 Å². The van der Waals surface area contributed by atoms with Gasteiger partial charge in [-0.05, 0) is 188 Å². The number of esters is 1. The van der Waals surface area contributed by atoms with E-state index in [1.165, 1.54) is 80.2 Å². The summed E-state index contributed by atoms with van der Waals surface area (Å²) in [6.45, 7) is 44.9. The second-order valence-electron chi connectivity index (χ2n) is 33.6. The Labute approximate surface area is 626 Å². The number of hydrogen-bond acceptors (Lipinski definition) is 19. The maximum Gasteiger partial charge on any atom is 0.350 e. The molecule has 21 heteroatoms. The molecule has 3 aliphatic carbocycles. The number of hydrogen-bond donors (Lipinski definition) is 4. The van der Waals surface area contributed by atoms with Crippen molar-refractivity contribution in [2.75, 3.05) is 153 Å². The first kappa shape index (κ1) is 79.7. The number of carboxylic acid groups (broad SMARTS) is 1. The number of nitrogens with zero attached hydrogens (tertiary/aromatic N) is 10. The maximum absolute atomic E-state index is 13.2. The summed E-state index contributed by atoms with van der Waals surface area (Å²) >= 11 is 4.28. The lowest BCUT2D eigenvalue weighted by Crippen LogP contribution is -2.46. The third kappa shape index (κ3) is 18.6. The van der Waals surface area contributed by atoms with Crippen molar-refractivity contribution in [1.29, 1.82) is 0 Å². The van der Waals surface area contributed by atoms with Crippen LogP contribution in [0.15, 0.2) is 54.6 Å². The Morgan fingerprint density at radius 1 is 0.417 bits per heavy atom. The maximum atomic E-state index is 13.2. The fourth-order valence-corrected chi connectivity index (χ4v) is 19.0. The number of aromatic nitrogens is 3. The summed E-state index contributed by atoms with van der Waals surface area (Å²) in [5.74, 6) is -1.18. The number of thiazole rings is 3. The van der Waals surface area contributed by atoms with E-state index in [1.54, 1.807) is 4.90 Å². The summed E-state index contributed by atoms with van der Waals surface area (Å²) in [6.07, 6.45) is 12.6. The first-order valence-electron chi connectivity index (χ1n) is 38.2. The van der Waals surface area contributed by atoms with Crippen LogP contribution < -0.4 is 14.7 Å². The van der Waals surface area contributed by atoms with E-state index in [0.29, 0.717) is 22.1 Å². The second-order valence-corrected chi connectivity index (χ2v) is 36.5. The molecule has 0 atom stereocenters. The van der Waals surface area contributed by atoms with Gasteiger partial charge in [0.05, 0.1) is 23.7 Å². The van der Waals surface area contributed by atoms with Crippen LogP contribution in [-0.4, -0.2) is 212 Å². The number of unbranched alkanes of at least 4 members (excludes halogenated alkanes) is 3. The fraction of sp³-hybridized carbons (Fsp3) is 0.634. The molecular weight excluding hydrogens is 1350 g/mol. The number of fused-ring (bicyclic) bond motifs is 3. The van der Waals surface area contributed by atoms with E-state index in [2.05, 4.69) is 167 Å². The molecule has 6 heterocycles. The number of anilines is 3. The molecule has 0 saturated carbocycles. The number of aliphatic hydroxyl groups excluding tert-OH is 3. The van der Waals surface area contributed by atoms with Crippen molar-refractivity contribution in [2.24, 2.45) is 0 Å². The predicted octanol–water partition coefficient (Wildman–Crippen LogP) is 14.7. The highest BCUT2D eigenvalue weighted by atomic mass is 32.1. The molecule has 103 heavy (non-hydrogen) atoms. The standard InChI is InChI=1S/C28H42N4O2S.C28H41N3O3S.C26H37N3O3S/c1-27(2)11-12-28(3,4)22-19-20(9-10-21(22)27)23-24(25(34)30(5)6)35-26(29-23)32-16-14-31(15-17-32)13-7-8-18-33;1-6-34-25(33)24-23(20-9-10-21-22(19-20)28(4,5)12-11-27(21,2)3)29-26(35-24)31-16-14-30(15-17-31)13-7-8-18-32;1-25(2)9-10-26(3,4)20-17-18(7-8-19(20)25)21-22(23(31)32)33-24(27-21)29-14-12-28(13-15-29)11-5-6-16-30/h9-10,19,33H,7-8,11-18H2,1-6H3;9-10,19,32H,6-8,11-18H2,1-5H3;7-8,17,30H,5-6,9-16H2,1-4H3,(H,31,32). The van der Waals surface area contributed by atoms with Crippen molar-refractivity contribution in [2.45, 2.75) is 200 Å². The molecule has 0 spiro atoms. The highest BCUT2D eigenvalue weighted by Gasteiger charge is 2.41. The number of carbonyl (C=O) groups excluding carboxylic acids is 2. The van der Waals surface area contributed by atoms with Crippen molar-refractivity contribution < 1.29 is 39.5 Å². The molecule has 18 nitrogen and oxygen atoms in total. The summed E-state index contributed by atoms with van der Waals surface area (Å²) < 4.78 is 5.43. The van der Waals surface area contributed by atoms with Gasteiger partial charge in [0, 0.05) is 129 Å². The Balaban J connectivity index is 0.000000166. The zero-order valence-corrected chi connectivity index (χ0v) is 67.2. The van der Waals surface area contributed by atoms with Crippen molar-refractivity contribution in [1.82, 2.24) is 34.6 Å². The molecule has 3 fully saturated rings. The van der Waals surface area contributed by atoms with Gasteiger partial charge in [-0.2, -0.15) is 0 Å². The normalized spacial score (nSPS) is 19.6. The van der Waals surface area contributed by atoms with Crippen molar-refractivity contribution in [3.63, 3.8) is 0 Å². The van der Waals surface area contributed by atoms with Crippen LogP contribution in [0.3, 0.4) is 0 Å². The molecule has 0 radical (unpaired) electrons. The van der Waals surface area contributed by atoms with Gasteiger partial charge in [0.1, 0.15) is 14.6 Å². The number of rotatable bonds is 22. The molecule has 6 aromatic rings. The van der Waals surface area contributed by atoms with Crippen LogP contribution in [0, 0.1) is 0 Å². The highest BCUT2D eigenvalue weighted by molar-refractivity contribution is 7.18. The highest BCUT2D eigenvalue weighted by Crippen LogP contribution is 2.51. The Bertz CT molecular complexity index is 3880. The lowest BCUT2D eigenvalue weighted by molar-refractivity contribution is 0.0531. The van der Waals surface area contributed by atoms with Gasteiger partial charge in [-0.15, -0.1) is 0 Å². The largest absolute Gasteiger partial charge is 0.477 e. The van der Waals surface area contributed by atoms with Crippen LogP contribution in [0.5, 0.6) is 0 Å². The molecule has 0 bridgehead atoms. The summed E-state index contributed by atoms with van der Waals surface area (Å²) in [4.78, 5) is 70.7. The predicted molar refractivity (Wildman–Crippen MR) is 424 cm³/mol. The summed E-state index contributed by atoms with van der Waals surface area (Å²) in [5.41, 5.74) is 14.1. The Kier molecular flexibility index (Phi) is 25.9. The van der Waals surface area contributed by atoms with E-state index >= 15 is 0 Å². The van der Waals surface area contributed by atoms with Gasteiger partial charge in [-0.25, -0.2) is 24.5 Å². The fourth-order valence-electron chi connectivity index (χ4n) is 15.8. The molecule has 0 unspecified atom stereocenters. The Morgan fingerprint density at radius 2 is 0.699 bits per heavy atom. The zero-order chi connectivity index (χ0) is 74.4. The SMILES string of the molecule is CC1(C)CCC(C)(C)c2cc(-c3nc(N4CCN(CCCCO)CC4)sc3C(=O)O)ccc21.CCOC(=O)c1sc(N2CCN(CCCCO)CC2)nc1-c1ccc2c(c1)C(C)(C)CCC2(C)C.CN(C)C(=O)c1sc(N2CCN(CCCCO)CC2)nc1-c1ccc2c(c1)C(C)(C)CCC2(C)C. The topological polar surface area (TPSA) is 203 Å². The number of aliphatic hydroxyl groups is 3. The number of amides is 1. The molecule has 3 aliphatic heterocycles. The Morgan fingerprint density at radius 3 is 0.990 bits per heavy atom. The number of carboxylic acids is 1. The van der Waals surface area contributed by atoms with Crippen LogP contribution >= 0.6 is 34.0 Å². The molecule has 6 aliphatic rings. The van der Waals surface area contributed by atoms with Gasteiger partial charge in [-0.1, -0.05) is 153 Å². The average molecular weight is 1470 g/mol. The van der Waals surface area contributed by atoms with Gasteiger partial charge >= 0.3 is 11.9 Å². The van der Waals surface area contributed by atoms with Crippen molar-refractivity contribution >= 4 is 67.3 Å². The van der Waals surface area contributed by atoms with Gasteiger partial charge < -0.3 is 44.8 Å². The summed E-state index contributed by atoms with van der Waals surface area (Å²) in [6, 6.07) is 19.9. The van der Waals surface area contributed by atoms with E-state index in [-0.39, 0.29) is 64.2 Å². The molecule has 12 rings (SSSR count). The van der Waals surface area contributed by atoms with E-state index in [9.17, 15) is 19.5 Å². The minimum atomic E-state index is -0.909. The number of ether oxygens (including phenoxy) is 1. The number of carbonyl (C=O) groups is 3. The van der Waals surface area contributed by atoms with E-state index in [1.807, 2.05) is 21.0 Å². The van der Waals surface area contributed by atoms with Crippen LogP contribution in [0.25, 0.3) is 33.8 Å². The van der Waals surface area contributed by atoms with Gasteiger partial charge in [0.2, 0.25) is 0 Å². The summed E-state index contributed by atoms with van der Waals surface area (Å²) in [7, 11) is 3.63. The second kappa shape index (κ2) is 33.5. The van der Waals surface area contributed by atoms with Gasteiger partial charge in [-0.3, -0.25) is 19.5 Å². The molecule has 3 saturated heterocycles. The Hall–Kier alpha value is -5.88. The first-order valence-corrected chi connectivity index (χ1v) is 40.6. The number of aromatic carboxylic acids is 1.